The van der Waals surface area contributed by atoms with Crippen LogP contribution >= 0.6 is 0 Å². The normalized spacial score (nSPS) is 17.7. The van der Waals surface area contributed by atoms with Crippen LogP contribution in [0.3, 0.4) is 0 Å². The average molecular weight is 401 g/mol. The average Bonchev–Trinajstić information content (AvgIpc) is 2.64. The molecule has 0 aromatic heterocycles. The molecule has 2 aromatic carbocycles. The summed E-state index contributed by atoms with van der Waals surface area (Å²) in [6.07, 6.45) is 2.52. The molecule has 0 saturated heterocycles. The van der Waals surface area contributed by atoms with Crippen LogP contribution < -0.4 is 0 Å². The Labute approximate surface area is 167 Å². The maximum Gasteiger partial charge on any atom is 0.303 e. The van der Waals surface area contributed by atoms with Crippen LogP contribution in [-0.4, -0.2) is 19.5 Å². The van der Waals surface area contributed by atoms with E-state index in [9.17, 15) is 13.2 Å². The van der Waals surface area contributed by atoms with Crippen LogP contribution in [0.5, 0.6) is 0 Å². The van der Waals surface area contributed by atoms with Gasteiger partial charge in [-0.25, -0.2) is 8.42 Å². The summed E-state index contributed by atoms with van der Waals surface area (Å²) >= 11 is 0. The van der Waals surface area contributed by atoms with E-state index in [-0.39, 0.29) is 22.1 Å². The SMILES string of the molecule is CC1(C)CCC(C)(C)c2cc(S(=O)(=O)c3ccc(CCC(=O)O)cc3)ccc21. The Kier molecular flexibility index (Phi) is 5.17. The molecule has 1 aliphatic carbocycles. The number of hydrogen-bond donors (Lipinski definition) is 1. The van der Waals surface area contributed by atoms with Gasteiger partial charge in [-0.3, -0.25) is 4.79 Å². The molecule has 1 N–H and O–H groups in total. The van der Waals surface area contributed by atoms with Gasteiger partial charge in [-0.1, -0.05) is 45.9 Å². The highest BCUT2D eigenvalue weighted by atomic mass is 32.2. The van der Waals surface area contributed by atoms with E-state index in [2.05, 4.69) is 27.7 Å². The van der Waals surface area contributed by atoms with Crippen LogP contribution in [0.25, 0.3) is 0 Å². The van der Waals surface area contributed by atoms with E-state index in [1.807, 2.05) is 12.1 Å². The number of carbonyl (C=O) groups is 1. The van der Waals surface area contributed by atoms with Gasteiger partial charge in [0.1, 0.15) is 0 Å². The number of benzene rings is 2. The van der Waals surface area contributed by atoms with Crippen molar-refractivity contribution in [3.63, 3.8) is 0 Å². The highest BCUT2D eigenvalue weighted by Gasteiger charge is 2.37. The van der Waals surface area contributed by atoms with Crippen molar-refractivity contribution in [1.82, 2.24) is 0 Å². The Balaban J connectivity index is 1.98. The molecule has 150 valence electrons. The highest BCUT2D eigenvalue weighted by Crippen LogP contribution is 2.46. The second-order valence-electron chi connectivity index (χ2n) is 9.02. The second-order valence-corrected chi connectivity index (χ2v) is 11.0. The van der Waals surface area contributed by atoms with Gasteiger partial charge >= 0.3 is 5.97 Å². The molecule has 2 aromatic rings. The van der Waals surface area contributed by atoms with E-state index in [1.165, 1.54) is 5.56 Å². The molecule has 0 heterocycles. The summed E-state index contributed by atoms with van der Waals surface area (Å²) in [7, 11) is -3.62. The molecule has 0 aliphatic heterocycles. The smallest absolute Gasteiger partial charge is 0.303 e. The van der Waals surface area contributed by atoms with E-state index in [4.69, 9.17) is 5.11 Å². The number of fused-ring (bicyclic) bond motifs is 1. The Morgan fingerprint density at radius 1 is 0.893 bits per heavy atom. The standard InChI is InChI=1S/C23H28O4S/c1-22(2)13-14-23(3,4)20-15-18(10-11-19(20)22)28(26,27)17-8-5-16(6-9-17)7-12-21(24)25/h5-6,8-11,15H,7,12-14H2,1-4H3,(H,24,25). The van der Waals surface area contributed by atoms with Crippen molar-refractivity contribution in [1.29, 1.82) is 0 Å². The molecule has 0 spiro atoms. The summed E-state index contributed by atoms with van der Waals surface area (Å²) in [6, 6.07) is 12.1. The number of aryl methyl sites for hydroxylation is 1. The Bertz CT molecular complexity index is 999. The lowest BCUT2D eigenvalue weighted by atomic mass is 9.63. The first-order valence-corrected chi connectivity index (χ1v) is 11.1. The zero-order valence-corrected chi connectivity index (χ0v) is 17.8. The molecule has 0 fully saturated rings. The third-order valence-electron chi connectivity index (χ3n) is 6.00. The Morgan fingerprint density at radius 2 is 1.43 bits per heavy atom. The lowest BCUT2D eigenvalue weighted by Gasteiger charge is -2.42. The van der Waals surface area contributed by atoms with E-state index in [0.29, 0.717) is 11.3 Å². The molecule has 0 unspecified atom stereocenters. The number of sulfone groups is 1. The van der Waals surface area contributed by atoms with E-state index >= 15 is 0 Å². The van der Waals surface area contributed by atoms with Crippen LogP contribution in [0.4, 0.5) is 0 Å². The molecule has 0 radical (unpaired) electrons. The molecule has 4 nitrogen and oxygen atoms in total. The highest BCUT2D eigenvalue weighted by molar-refractivity contribution is 7.91. The fourth-order valence-electron chi connectivity index (χ4n) is 3.96. The van der Waals surface area contributed by atoms with Crippen LogP contribution in [0.15, 0.2) is 52.3 Å². The number of carboxylic acid groups (broad SMARTS) is 1. The Hall–Kier alpha value is -2.14. The summed E-state index contributed by atoms with van der Waals surface area (Å²) in [5.41, 5.74) is 3.14. The molecule has 3 rings (SSSR count). The van der Waals surface area contributed by atoms with Gasteiger partial charge in [0.25, 0.3) is 0 Å². The number of hydrogen-bond acceptors (Lipinski definition) is 3. The van der Waals surface area contributed by atoms with Gasteiger partial charge in [0.15, 0.2) is 0 Å². The maximum absolute atomic E-state index is 13.2. The molecule has 28 heavy (non-hydrogen) atoms. The third-order valence-corrected chi connectivity index (χ3v) is 7.76. The first-order chi connectivity index (χ1) is 12.9. The first kappa shape index (κ1) is 20.6. The van der Waals surface area contributed by atoms with Gasteiger partial charge in [0, 0.05) is 6.42 Å². The molecule has 0 atom stereocenters. The number of rotatable bonds is 5. The van der Waals surface area contributed by atoms with Crippen LogP contribution in [0.1, 0.15) is 63.6 Å². The fraction of sp³-hybridized carbons (Fsp3) is 0.435. The molecule has 0 amide bonds. The summed E-state index contributed by atoms with van der Waals surface area (Å²) in [6.45, 7) is 8.78. The molecular formula is C23H28O4S. The molecule has 0 bridgehead atoms. The van der Waals surface area contributed by atoms with Gasteiger partial charge < -0.3 is 5.11 Å². The van der Waals surface area contributed by atoms with Gasteiger partial charge in [0.2, 0.25) is 9.84 Å². The summed E-state index contributed by atoms with van der Waals surface area (Å²) in [5, 5.41) is 8.79. The lowest BCUT2D eigenvalue weighted by Crippen LogP contribution is -2.34. The Morgan fingerprint density at radius 3 is 2.00 bits per heavy atom. The zero-order valence-electron chi connectivity index (χ0n) is 17.0. The quantitative estimate of drug-likeness (QED) is 0.776. The van der Waals surface area contributed by atoms with E-state index < -0.39 is 15.8 Å². The number of aliphatic carboxylic acids is 1. The predicted molar refractivity (Wildman–Crippen MR) is 110 cm³/mol. The van der Waals surface area contributed by atoms with Crippen molar-refractivity contribution >= 4 is 15.8 Å². The van der Waals surface area contributed by atoms with Crippen molar-refractivity contribution in [2.75, 3.05) is 0 Å². The number of carboxylic acids is 1. The summed E-state index contributed by atoms with van der Waals surface area (Å²) in [5.74, 6) is -0.865. The zero-order chi connectivity index (χ0) is 20.7. The van der Waals surface area contributed by atoms with Crippen molar-refractivity contribution in [3.05, 3.63) is 59.2 Å². The molecule has 0 saturated carbocycles. The predicted octanol–water partition coefficient (Wildman–Crippen LogP) is 4.89. The minimum atomic E-state index is -3.62. The topological polar surface area (TPSA) is 71.4 Å². The molecule has 1 aliphatic rings. The second kappa shape index (κ2) is 7.03. The summed E-state index contributed by atoms with van der Waals surface area (Å²) in [4.78, 5) is 11.3. The molecule has 5 heteroatoms. The fourth-order valence-corrected chi connectivity index (χ4v) is 5.24. The van der Waals surface area contributed by atoms with Crippen LogP contribution in [0.2, 0.25) is 0 Å². The minimum Gasteiger partial charge on any atom is -0.481 e. The van der Waals surface area contributed by atoms with E-state index in [1.54, 1.807) is 30.3 Å². The minimum absolute atomic E-state index is 0.0296. The molecular weight excluding hydrogens is 372 g/mol. The van der Waals surface area contributed by atoms with Crippen molar-refractivity contribution in [2.45, 2.75) is 74.0 Å². The summed E-state index contributed by atoms with van der Waals surface area (Å²) < 4.78 is 26.4. The van der Waals surface area contributed by atoms with Gasteiger partial charge in [-0.15, -0.1) is 0 Å². The third kappa shape index (κ3) is 3.86. The van der Waals surface area contributed by atoms with Crippen LogP contribution in [0, 0.1) is 0 Å². The van der Waals surface area contributed by atoms with E-state index in [0.717, 1.165) is 24.0 Å². The monoisotopic (exact) mass is 400 g/mol. The largest absolute Gasteiger partial charge is 0.481 e. The van der Waals surface area contributed by atoms with Crippen molar-refractivity contribution < 1.29 is 18.3 Å². The van der Waals surface area contributed by atoms with Gasteiger partial charge in [-0.05, 0) is 71.0 Å². The van der Waals surface area contributed by atoms with Gasteiger partial charge in [-0.2, -0.15) is 0 Å². The van der Waals surface area contributed by atoms with Crippen LogP contribution in [-0.2, 0) is 31.9 Å². The van der Waals surface area contributed by atoms with Gasteiger partial charge in [0.05, 0.1) is 9.79 Å². The van der Waals surface area contributed by atoms with Crippen molar-refractivity contribution in [3.8, 4) is 0 Å². The lowest BCUT2D eigenvalue weighted by molar-refractivity contribution is -0.136. The maximum atomic E-state index is 13.2. The first-order valence-electron chi connectivity index (χ1n) is 9.64. The van der Waals surface area contributed by atoms with Crippen molar-refractivity contribution in [2.24, 2.45) is 0 Å².